The lowest BCUT2D eigenvalue weighted by Gasteiger charge is -2.44. The fourth-order valence-corrected chi connectivity index (χ4v) is 5.61. The smallest absolute Gasteiger partial charge is 0.331 e. The largest absolute Gasteiger partial charge is 0.401 e. The van der Waals surface area contributed by atoms with Gasteiger partial charge in [-0.05, 0) is 49.2 Å². The van der Waals surface area contributed by atoms with Crippen LogP contribution >= 0.6 is 0 Å². The van der Waals surface area contributed by atoms with E-state index in [-0.39, 0.29) is 18.0 Å². The molecule has 0 saturated carbocycles. The molecule has 0 radical (unpaired) electrons. The molecule has 212 valence electrons. The third-order valence-corrected chi connectivity index (χ3v) is 7.40. The molecule has 2 aliphatic heterocycles. The standard InChI is InChI=1S/C28H36F3N5O3/c1-20-15-35(17-22-6-8-24(9-7-22)26(37)32-39)16-21(2)36(20)27(38)25-5-3-4-23(14-25)18-33-10-12-34(13-11-33)19-28(29,30)31/h3-9,14,20-21,39H,10-13,15-19H2,1-2H3,(H,32,37)/t20-,21+. The van der Waals surface area contributed by atoms with Crippen LogP contribution in [0.2, 0.25) is 0 Å². The van der Waals surface area contributed by atoms with E-state index in [1.807, 2.05) is 55.1 Å². The molecule has 39 heavy (non-hydrogen) atoms. The number of benzene rings is 2. The number of nitrogens with one attached hydrogen (secondary N) is 1. The second-order valence-corrected chi connectivity index (χ2v) is 10.6. The Balaban J connectivity index is 1.32. The van der Waals surface area contributed by atoms with E-state index in [1.165, 1.54) is 4.90 Å². The predicted octanol–water partition coefficient (Wildman–Crippen LogP) is 3.22. The summed E-state index contributed by atoms with van der Waals surface area (Å²) >= 11 is 0. The molecule has 2 saturated heterocycles. The molecule has 2 heterocycles. The van der Waals surface area contributed by atoms with Crippen LogP contribution in [-0.4, -0.2) is 101 Å². The Bertz CT molecular complexity index is 1120. The number of carbonyl (C=O) groups excluding carboxylic acids is 2. The zero-order valence-corrected chi connectivity index (χ0v) is 22.3. The van der Waals surface area contributed by atoms with Crippen LogP contribution in [0.25, 0.3) is 0 Å². The maximum Gasteiger partial charge on any atom is 0.401 e. The van der Waals surface area contributed by atoms with Gasteiger partial charge in [-0.2, -0.15) is 13.2 Å². The van der Waals surface area contributed by atoms with Crippen LogP contribution in [0.15, 0.2) is 48.5 Å². The van der Waals surface area contributed by atoms with Gasteiger partial charge in [-0.1, -0.05) is 24.3 Å². The van der Waals surface area contributed by atoms with Crippen LogP contribution in [0.3, 0.4) is 0 Å². The number of rotatable bonds is 7. The van der Waals surface area contributed by atoms with E-state index in [9.17, 15) is 22.8 Å². The minimum atomic E-state index is -4.18. The van der Waals surface area contributed by atoms with Gasteiger partial charge in [0.05, 0.1) is 6.54 Å². The highest BCUT2D eigenvalue weighted by molar-refractivity contribution is 5.95. The quantitative estimate of drug-likeness (QED) is 0.410. The van der Waals surface area contributed by atoms with Crippen molar-refractivity contribution < 1.29 is 28.0 Å². The van der Waals surface area contributed by atoms with E-state index in [4.69, 9.17) is 5.21 Å². The normalized spacial score (nSPS) is 21.6. The molecule has 11 heteroatoms. The van der Waals surface area contributed by atoms with Gasteiger partial charge < -0.3 is 4.90 Å². The van der Waals surface area contributed by atoms with Crippen molar-refractivity contribution in [3.05, 3.63) is 70.8 Å². The zero-order chi connectivity index (χ0) is 28.2. The summed E-state index contributed by atoms with van der Waals surface area (Å²) in [4.78, 5) is 32.9. The van der Waals surface area contributed by atoms with Crippen molar-refractivity contribution >= 4 is 11.8 Å². The van der Waals surface area contributed by atoms with Crippen molar-refractivity contribution in [1.29, 1.82) is 0 Å². The monoisotopic (exact) mass is 547 g/mol. The molecular weight excluding hydrogens is 511 g/mol. The molecule has 2 N–H and O–H groups in total. The zero-order valence-electron chi connectivity index (χ0n) is 22.3. The lowest BCUT2D eigenvalue weighted by atomic mass is 10.0. The Kier molecular flexibility index (Phi) is 9.27. The third kappa shape index (κ3) is 7.78. The van der Waals surface area contributed by atoms with Crippen LogP contribution < -0.4 is 5.48 Å². The molecule has 8 nitrogen and oxygen atoms in total. The third-order valence-electron chi connectivity index (χ3n) is 7.40. The fourth-order valence-electron chi connectivity index (χ4n) is 5.61. The van der Waals surface area contributed by atoms with Gasteiger partial charge in [0, 0.05) is 75.6 Å². The molecule has 2 amide bonds. The van der Waals surface area contributed by atoms with E-state index in [0.29, 0.717) is 63.5 Å². The molecule has 2 atom stereocenters. The predicted molar refractivity (Wildman–Crippen MR) is 140 cm³/mol. The first-order valence-corrected chi connectivity index (χ1v) is 13.2. The van der Waals surface area contributed by atoms with Crippen molar-refractivity contribution in [3.8, 4) is 0 Å². The molecular formula is C28H36F3N5O3. The number of hydrogen-bond donors (Lipinski definition) is 2. The summed E-state index contributed by atoms with van der Waals surface area (Å²) in [5.74, 6) is -0.575. The SMILES string of the molecule is C[C@@H]1CN(Cc2ccc(C(=O)NO)cc2)C[C@H](C)N1C(=O)c1cccc(CN2CCN(CC(F)(F)F)CC2)c1. The average Bonchev–Trinajstić information content (AvgIpc) is 2.88. The minimum Gasteiger partial charge on any atom is -0.331 e. The molecule has 2 fully saturated rings. The molecule has 0 spiro atoms. The molecule has 2 aliphatic rings. The number of alkyl halides is 3. The number of carbonyl (C=O) groups is 2. The summed E-state index contributed by atoms with van der Waals surface area (Å²) < 4.78 is 38.0. The molecule has 2 aromatic carbocycles. The van der Waals surface area contributed by atoms with Crippen molar-refractivity contribution in [2.45, 2.75) is 45.2 Å². The summed E-state index contributed by atoms with van der Waals surface area (Å²) in [7, 11) is 0. The van der Waals surface area contributed by atoms with E-state index in [0.717, 1.165) is 11.1 Å². The van der Waals surface area contributed by atoms with E-state index >= 15 is 0 Å². The van der Waals surface area contributed by atoms with Gasteiger partial charge in [0.2, 0.25) is 0 Å². The first-order chi connectivity index (χ1) is 18.5. The summed E-state index contributed by atoms with van der Waals surface area (Å²) in [6.07, 6.45) is -4.18. The van der Waals surface area contributed by atoms with E-state index < -0.39 is 18.6 Å². The maximum atomic E-state index is 13.6. The van der Waals surface area contributed by atoms with Gasteiger partial charge in [-0.3, -0.25) is 29.5 Å². The van der Waals surface area contributed by atoms with Crippen LogP contribution in [0, 0.1) is 0 Å². The Morgan fingerprint density at radius 1 is 0.846 bits per heavy atom. The number of halogens is 3. The second kappa shape index (κ2) is 12.5. The minimum absolute atomic E-state index is 0.00828. The van der Waals surface area contributed by atoms with Crippen LogP contribution in [0.4, 0.5) is 13.2 Å². The van der Waals surface area contributed by atoms with Crippen molar-refractivity contribution in [3.63, 3.8) is 0 Å². The molecule has 0 aromatic heterocycles. The molecule has 4 rings (SSSR count). The average molecular weight is 548 g/mol. The van der Waals surface area contributed by atoms with E-state index in [1.54, 1.807) is 17.6 Å². The van der Waals surface area contributed by atoms with Gasteiger partial charge in [-0.15, -0.1) is 0 Å². The van der Waals surface area contributed by atoms with Gasteiger partial charge in [0.25, 0.3) is 11.8 Å². The molecule has 0 unspecified atom stereocenters. The summed E-state index contributed by atoms with van der Waals surface area (Å²) in [6.45, 7) is 7.77. The van der Waals surface area contributed by atoms with Gasteiger partial charge in [0.15, 0.2) is 0 Å². The van der Waals surface area contributed by atoms with Gasteiger partial charge in [0.1, 0.15) is 0 Å². The number of hydrogen-bond acceptors (Lipinski definition) is 6. The van der Waals surface area contributed by atoms with Crippen LogP contribution in [0.5, 0.6) is 0 Å². The van der Waals surface area contributed by atoms with Crippen molar-refractivity contribution in [1.82, 2.24) is 25.1 Å². The van der Waals surface area contributed by atoms with Crippen LogP contribution in [-0.2, 0) is 13.1 Å². The number of amides is 2. The molecule has 2 aromatic rings. The Morgan fingerprint density at radius 3 is 2.03 bits per heavy atom. The Labute approximate surface area is 226 Å². The molecule has 0 aliphatic carbocycles. The van der Waals surface area contributed by atoms with Crippen molar-refractivity contribution in [2.24, 2.45) is 0 Å². The summed E-state index contributed by atoms with van der Waals surface area (Å²) in [5, 5.41) is 8.78. The topological polar surface area (TPSA) is 79.4 Å². The lowest BCUT2D eigenvalue weighted by Crippen LogP contribution is -2.58. The second-order valence-electron chi connectivity index (χ2n) is 10.6. The van der Waals surface area contributed by atoms with Gasteiger partial charge >= 0.3 is 6.18 Å². The highest BCUT2D eigenvalue weighted by atomic mass is 19.4. The van der Waals surface area contributed by atoms with E-state index in [2.05, 4.69) is 9.80 Å². The van der Waals surface area contributed by atoms with Crippen molar-refractivity contribution in [2.75, 3.05) is 45.8 Å². The summed E-state index contributed by atoms with van der Waals surface area (Å²) in [6, 6.07) is 14.6. The highest BCUT2D eigenvalue weighted by Crippen LogP contribution is 2.22. The molecule has 0 bridgehead atoms. The fraction of sp³-hybridized carbons (Fsp3) is 0.500. The Morgan fingerprint density at radius 2 is 1.44 bits per heavy atom. The first-order valence-electron chi connectivity index (χ1n) is 13.2. The first kappa shape index (κ1) is 29.0. The highest BCUT2D eigenvalue weighted by Gasteiger charge is 2.34. The van der Waals surface area contributed by atoms with Crippen LogP contribution in [0.1, 0.15) is 45.7 Å². The number of piperazine rings is 2. The lowest BCUT2D eigenvalue weighted by molar-refractivity contribution is -0.149. The maximum absolute atomic E-state index is 13.6. The number of nitrogens with zero attached hydrogens (tertiary/aromatic N) is 4. The summed E-state index contributed by atoms with van der Waals surface area (Å²) in [5.41, 5.74) is 4.64. The number of hydroxylamine groups is 1. The Hall–Kier alpha value is -2.99. The van der Waals surface area contributed by atoms with Gasteiger partial charge in [-0.25, -0.2) is 5.48 Å².